The van der Waals surface area contributed by atoms with Crippen molar-refractivity contribution in [3.63, 3.8) is 0 Å². The summed E-state index contributed by atoms with van der Waals surface area (Å²) in [7, 11) is 0.631. The van der Waals surface area contributed by atoms with Gasteiger partial charge in [-0.15, -0.1) is 0 Å². The van der Waals surface area contributed by atoms with Crippen molar-refractivity contribution in [1.29, 1.82) is 0 Å². The molecule has 0 N–H and O–H groups in total. The van der Waals surface area contributed by atoms with Crippen molar-refractivity contribution in [2.24, 2.45) is 7.05 Å². The predicted octanol–water partition coefficient (Wildman–Crippen LogP) is 3.73. The average molecular weight is 318 g/mol. The molecule has 0 atom stereocenters. The van der Waals surface area contributed by atoms with Crippen LogP contribution in [-0.2, 0) is 18.9 Å². The van der Waals surface area contributed by atoms with Gasteiger partial charge >= 0.3 is 24.2 Å². The molecule has 0 aromatic carbocycles. The lowest BCUT2D eigenvalue weighted by Gasteiger charge is -2.23. The van der Waals surface area contributed by atoms with Crippen molar-refractivity contribution < 1.29 is 43.9 Å². The second-order valence-corrected chi connectivity index (χ2v) is 3.71. The van der Waals surface area contributed by atoms with E-state index in [9.17, 15) is 43.9 Å². The molecule has 116 valence electrons. The number of alkyl halides is 10. The number of hydrogen-bond donors (Lipinski definition) is 0. The van der Waals surface area contributed by atoms with Crippen LogP contribution >= 0.6 is 0 Å². The highest BCUT2D eigenvalue weighted by Gasteiger charge is 2.67. The van der Waals surface area contributed by atoms with E-state index < -0.39 is 35.5 Å². The first-order valence-electron chi connectivity index (χ1n) is 4.56. The molecule has 0 saturated carbocycles. The topological polar surface area (TPSA) is 17.8 Å². The summed E-state index contributed by atoms with van der Waals surface area (Å²) in [6.45, 7) is 0. The van der Waals surface area contributed by atoms with Crippen LogP contribution in [0.15, 0.2) is 6.20 Å². The number of halogens is 10. The quantitative estimate of drug-likeness (QED) is 0.760. The normalized spacial score (nSPS) is 14.8. The van der Waals surface area contributed by atoms with Gasteiger partial charge in [0.15, 0.2) is 5.69 Å². The molecule has 1 aromatic heterocycles. The summed E-state index contributed by atoms with van der Waals surface area (Å²) < 4.78 is 124. The second-order valence-electron chi connectivity index (χ2n) is 3.71. The molecule has 0 aliphatic heterocycles. The van der Waals surface area contributed by atoms with Crippen molar-refractivity contribution in [3.05, 3.63) is 17.5 Å². The van der Waals surface area contributed by atoms with Gasteiger partial charge in [-0.1, -0.05) is 0 Å². The van der Waals surface area contributed by atoms with Gasteiger partial charge in [0.25, 0.3) is 0 Å². The summed E-state index contributed by atoms with van der Waals surface area (Å²) in [5, 5.41) is 2.40. The van der Waals surface area contributed by atoms with Crippen LogP contribution < -0.4 is 0 Å². The zero-order valence-corrected chi connectivity index (χ0v) is 9.25. The largest absolute Gasteiger partial charge is 0.459 e. The summed E-state index contributed by atoms with van der Waals surface area (Å²) >= 11 is 0. The van der Waals surface area contributed by atoms with Gasteiger partial charge in [0, 0.05) is 13.2 Å². The Morgan fingerprint density at radius 2 is 1.20 bits per heavy atom. The van der Waals surface area contributed by atoms with Crippen LogP contribution in [-0.4, -0.2) is 22.1 Å². The number of hydrogen-bond acceptors (Lipinski definition) is 1. The molecule has 0 bridgehead atoms. The van der Waals surface area contributed by atoms with Crippen molar-refractivity contribution in [3.8, 4) is 0 Å². The van der Waals surface area contributed by atoms with Crippen molar-refractivity contribution in [2.75, 3.05) is 0 Å². The lowest BCUT2D eigenvalue weighted by Crippen LogP contribution is -2.40. The van der Waals surface area contributed by atoms with E-state index in [1.165, 1.54) is 0 Å². The van der Waals surface area contributed by atoms with Gasteiger partial charge in [-0.05, 0) is 0 Å². The molecule has 0 aliphatic rings. The van der Waals surface area contributed by atoms with Crippen molar-refractivity contribution in [2.45, 2.75) is 24.2 Å². The minimum atomic E-state index is -6.36. The number of aryl methyl sites for hydroxylation is 1. The van der Waals surface area contributed by atoms with Gasteiger partial charge in [0.1, 0.15) is 0 Å². The molecule has 0 radical (unpaired) electrons. The average Bonchev–Trinajstić information content (AvgIpc) is 2.57. The van der Waals surface area contributed by atoms with E-state index >= 15 is 0 Å². The van der Waals surface area contributed by atoms with Crippen molar-refractivity contribution >= 4 is 0 Å². The summed E-state index contributed by atoms with van der Waals surface area (Å²) in [6, 6.07) is 0. The first-order chi connectivity index (χ1) is 8.62. The molecule has 20 heavy (non-hydrogen) atoms. The van der Waals surface area contributed by atoms with E-state index in [1.807, 2.05) is 0 Å². The Kier molecular flexibility index (Phi) is 3.52. The van der Waals surface area contributed by atoms with Gasteiger partial charge in [-0.3, -0.25) is 4.68 Å². The molecular weight excluding hydrogens is 314 g/mol. The Balaban J connectivity index is 3.55. The van der Waals surface area contributed by atoms with Crippen LogP contribution in [0.4, 0.5) is 43.9 Å². The lowest BCUT2D eigenvalue weighted by molar-refractivity contribution is -0.302. The molecule has 12 heteroatoms. The Bertz CT molecular complexity index is 451. The Hall–Kier alpha value is -1.49. The molecule has 1 aromatic rings. The third-order valence-corrected chi connectivity index (χ3v) is 2.18. The standard InChI is InChI=1S/C8H4F10N2/c1-20-2-3(5(9,10)7(13,14)15)4(19-20)6(11,12)8(16,17)18/h2H,1H3. The molecule has 2 nitrogen and oxygen atoms in total. The Morgan fingerprint density at radius 1 is 0.800 bits per heavy atom. The molecule has 0 amide bonds. The third kappa shape index (κ3) is 2.42. The molecule has 0 spiro atoms. The SMILES string of the molecule is Cn1cc(C(F)(F)C(F)(F)F)c(C(F)(F)C(F)(F)F)n1. The fourth-order valence-corrected chi connectivity index (χ4v) is 1.24. The van der Waals surface area contributed by atoms with Crippen molar-refractivity contribution in [1.82, 2.24) is 9.78 Å². The highest BCUT2D eigenvalue weighted by molar-refractivity contribution is 5.29. The van der Waals surface area contributed by atoms with E-state index in [2.05, 4.69) is 5.10 Å². The van der Waals surface area contributed by atoms with Crippen LogP contribution in [0.3, 0.4) is 0 Å². The maximum Gasteiger partial charge on any atom is 0.459 e. The smallest absolute Gasteiger partial charge is 0.275 e. The van der Waals surface area contributed by atoms with Gasteiger partial charge in [-0.25, -0.2) is 0 Å². The van der Waals surface area contributed by atoms with E-state index in [1.54, 1.807) is 0 Å². The molecule has 0 fully saturated rings. The summed E-state index contributed by atoms with van der Waals surface area (Å²) in [5.41, 5.74) is -5.23. The molecular formula is C8H4F10N2. The zero-order valence-electron chi connectivity index (χ0n) is 9.25. The molecule has 0 aliphatic carbocycles. The number of nitrogens with zero attached hydrogens (tertiary/aromatic N) is 2. The van der Waals surface area contributed by atoms with Gasteiger partial charge in [-0.2, -0.15) is 49.0 Å². The van der Waals surface area contributed by atoms with Gasteiger partial charge in [0.05, 0.1) is 5.56 Å². The molecule has 0 unspecified atom stereocenters. The van der Waals surface area contributed by atoms with Crippen LogP contribution in [0.1, 0.15) is 11.3 Å². The zero-order chi connectivity index (χ0) is 16.1. The third-order valence-electron chi connectivity index (χ3n) is 2.18. The maximum atomic E-state index is 13.0. The van der Waals surface area contributed by atoms with E-state index in [-0.39, 0.29) is 10.9 Å². The van der Waals surface area contributed by atoms with Gasteiger partial charge in [0.2, 0.25) is 0 Å². The molecule has 1 heterocycles. The fourth-order valence-electron chi connectivity index (χ4n) is 1.24. The summed E-state index contributed by atoms with van der Waals surface area (Å²) in [5.74, 6) is -11.8. The summed E-state index contributed by atoms with van der Waals surface area (Å²) in [4.78, 5) is 0. The monoisotopic (exact) mass is 318 g/mol. The highest BCUT2D eigenvalue weighted by Crippen LogP contribution is 2.51. The molecule has 0 saturated heterocycles. The van der Waals surface area contributed by atoms with Gasteiger partial charge < -0.3 is 0 Å². The van der Waals surface area contributed by atoms with Crippen LogP contribution in [0.2, 0.25) is 0 Å². The number of aromatic nitrogens is 2. The Morgan fingerprint density at radius 3 is 1.55 bits per heavy atom. The van der Waals surface area contributed by atoms with E-state index in [0.717, 1.165) is 0 Å². The second kappa shape index (κ2) is 4.25. The highest BCUT2D eigenvalue weighted by atomic mass is 19.4. The minimum Gasteiger partial charge on any atom is -0.275 e. The minimum absolute atomic E-state index is 0.0178. The molecule has 1 rings (SSSR count). The van der Waals surface area contributed by atoms with E-state index in [4.69, 9.17) is 0 Å². The predicted molar refractivity (Wildman–Crippen MR) is 43.1 cm³/mol. The fraction of sp³-hybridized carbons (Fsp3) is 0.625. The first kappa shape index (κ1) is 16.6. The van der Waals surface area contributed by atoms with Crippen LogP contribution in [0.5, 0.6) is 0 Å². The summed E-state index contributed by atoms with van der Waals surface area (Å²) in [6.07, 6.45) is -12.9. The van der Waals surface area contributed by atoms with Crippen LogP contribution in [0, 0.1) is 0 Å². The van der Waals surface area contributed by atoms with E-state index in [0.29, 0.717) is 7.05 Å². The van der Waals surface area contributed by atoms with Crippen LogP contribution in [0.25, 0.3) is 0 Å². The Labute approximate surface area is 104 Å². The lowest BCUT2D eigenvalue weighted by atomic mass is 10.0. The maximum absolute atomic E-state index is 13.0. The first-order valence-corrected chi connectivity index (χ1v) is 4.56. The number of rotatable bonds is 2.